The molecule has 0 aromatic carbocycles. The number of nitrogens with two attached hydrogens (primary N) is 2. The molecule has 0 amide bonds. The lowest BCUT2D eigenvalue weighted by molar-refractivity contribution is 1.08. The zero-order valence-corrected chi connectivity index (χ0v) is 13.4. The van der Waals surface area contributed by atoms with Crippen LogP contribution < -0.4 is 11.5 Å². The summed E-state index contributed by atoms with van der Waals surface area (Å²) in [7, 11) is 0. The zero-order valence-electron chi connectivity index (χ0n) is 6.97. The van der Waals surface area contributed by atoms with E-state index in [2.05, 4.69) is 64.6 Å². The molecule has 0 spiro atoms. The Bertz CT molecular complexity index is 336. The van der Waals surface area contributed by atoms with E-state index >= 15 is 0 Å². The van der Waals surface area contributed by atoms with Crippen LogP contribution in [0.5, 0.6) is 0 Å². The van der Waals surface area contributed by atoms with Crippen molar-refractivity contribution in [2.45, 2.75) is 7.43 Å². The molecule has 0 saturated heterocycles. The number of anilines is 2. The number of hydrogen-bond donors (Lipinski definition) is 2. The van der Waals surface area contributed by atoms with E-state index in [0.717, 1.165) is 3.92 Å². The van der Waals surface area contributed by atoms with Crippen LogP contribution >= 0.6 is 66.9 Å². The van der Waals surface area contributed by atoms with E-state index in [9.17, 15) is 0 Å². The van der Waals surface area contributed by atoms with E-state index in [1.807, 2.05) is 0 Å². The Morgan fingerprint density at radius 2 is 1.69 bits per heavy atom. The summed E-state index contributed by atoms with van der Waals surface area (Å²) >= 11 is 11.2. The van der Waals surface area contributed by atoms with E-state index < -0.39 is 0 Å². The average Bonchev–Trinajstić information content (AvgIpc) is 2.82. The minimum Gasteiger partial charge on any atom is -0.374 e. The number of halogens is 3. The van der Waals surface area contributed by atoms with Gasteiger partial charge in [-0.25, -0.2) is 0 Å². The van der Waals surface area contributed by atoms with Gasteiger partial charge in [-0.15, -0.1) is 20.4 Å². The highest BCUT2D eigenvalue weighted by atomic mass is 80.9. The summed E-state index contributed by atoms with van der Waals surface area (Å²) in [6.45, 7) is 0. The van der Waals surface area contributed by atoms with Gasteiger partial charge >= 0.3 is 0 Å². The van der Waals surface area contributed by atoms with Crippen LogP contribution in [0, 0.1) is 0 Å². The Morgan fingerprint density at radius 1 is 1.06 bits per heavy atom. The summed E-state index contributed by atoms with van der Waals surface area (Å²) in [5.74, 6) is 0. The maximum absolute atomic E-state index is 5.19. The first-order valence-corrected chi connectivity index (χ1v) is 9.29. The van der Waals surface area contributed by atoms with Crippen LogP contribution in [-0.2, 0) is 0 Å². The van der Waals surface area contributed by atoms with Crippen LogP contribution in [-0.4, -0.2) is 20.4 Å². The highest BCUT2D eigenvalue weighted by Gasteiger charge is 1.91. The molecular formula is C5H9Br3N6S2. The van der Waals surface area contributed by atoms with Gasteiger partial charge in [0.25, 0.3) is 0 Å². The predicted molar refractivity (Wildman–Crippen MR) is 80.9 cm³/mol. The standard InChI is InChI=1S/C2H2BrN3S.C2H3N3S.CH4.Br2/c3-1-5-6-2(4)7-1;3-2-5-4-1-6-2;;1-2/h(H2,4,6);1H,(H2,3,5);1H4;. The Hall–Kier alpha value is 0.160. The molecule has 92 valence electrons. The second-order valence-corrected chi connectivity index (χ2v) is 4.82. The number of aromatic nitrogens is 4. The molecule has 0 radical (unpaired) electrons. The summed E-state index contributed by atoms with van der Waals surface area (Å²) in [4.78, 5) is 0. The third kappa shape index (κ3) is 9.39. The van der Waals surface area contributed by atoms with Gasteiger partial charge in [-0.05, 0) is 15.9 Å². The molecule has 11 heteroatoms. The molecule has 2 aromatic heterocycles. The first-order valence-electron chi connectivity index (χ1n) is 3.09. The van der Waals surface area contributed by atoms with Crippen LogP contribution in [0.25, 0.3) is 0 Å². The van der Waals surface area contributed by atoms with Gasteiger partial charge in [0, 0.05) is 28.3 Å². The lowest BCUT2D eigenvalue weighted by Gasteiger charge is -1.65. The van der Waals surface area contributed by atoms with Crippen molar-refractivity contribution in [1.82, 2.24) is 20.4 Å². The van der Waals surface area contributed by atoms with Crippen molar-refractivity contribution in [3.05, 3.63) is 9.43 Å². The van der Waals surface area contributed by atoms with Gasteiger partial charge in [0.05, 0.1) is 0 Å². The first-order chi connectivity index (χ1) is 7.18. The molecule has 6 nitrogen and oxygen atoms in total. The maximum atomic E-state index is 5.19. The number of nitrogens with zero attached hydrogens (tertiary/aromatic N) is 4. The SMILES string of the molecule is BrBr.C.Nc1nnc(Br)s1.Nc1nncs1. The van der Waals surface area contributed by atoms with Gasteiger partial charge in [0.15, 0.2) is 3.92 Å². The Balaban J connectivity index is 0. The fourth-order valence-corrected chi connectivity index (χ4v) is 1.61. The number of rotatable bonds is 0. The topological polar surface area (TPSA) is 104 Å². The van der Waals surface area contributed by atoms with E-state index in [-0.39, 0.29) is 7.43 Å². The van der Waals surface area contributed by atoms with Crippen molar-refractivity contribution < 1.29 is 0 Å². The van der Waals surface area contributed by atoms with Gasteiger partial charge in [-0.2, -0.15) is 0 Å². The monoisotopic (exact) mass is 454 g/mol. The summed E-state index contributed by atoms with van der Waals surface area (Å²) in [6.07, 6.45) is 0. The summed E-state index contributed by atoms with van der Waals surface area (Å²) in [5, 5.41) is 15.0. The molecule has 0 unspecified atom stereocenters. The largest absolute Gasteiger partial charge is 0.374 e. The lowest BCUT2D eigenvalue weighted by atomic mass is 11.3. The van der Waals surface area contributed by atoms with Gasteiger partial charge in [0.2, 0.25) is 10.3 Å². The molecule has 0 aliphatic rings. The molecule has 2 rings (SSSR count). The zero-order chi connectivity index (χ0) is 11.7. The minimum atomic E-state index is 0. The fourth-order valence-electron chi connectivity index (χ4n) is 0.397. The molecule has 0 atom stereocenters. The Kier molecular flexibility index (Phi) is 13.5. The van der Waals surface area contributed by atoms with Crippen molar-refractivity contribution in [3.63, 3.8) is 0 Å². The van der Waals surface area contributed by atoms with Crippen LogP contribution in [0.2, 0.25) is 0 Å². The molecule has 4 N–H and O–H groups in total. The van der Waals surface area contributed by atoms with Gasteiger partial charge < -0.3 is 11.5 Å². The van der Waals surface area contributed by atoms with Gasteiger partial charge in [0.1, 0.15) is 5.51 Å². The van der Waals surface area contributed by atoms with Crippen LogP contribution in [0.3, 0.4) is 0 Å². The van der Waals surface area contributed by atoms with Crippen molar-refractivity contribution in [1.29, 1.82) is 0 Å². The molecular weight excluding hydrogens is 448 g/mol. The molecule has 0 bridgehead atoms. The van der Waals surface area contributed by atoms with E-state index in [1.54, 1.807) is 5.51 Å². The second kappa shape index (κ2) is 11.6. The minimum absolute atomic E-state index is 0. The number of hydrogen-bond acceptors (Lipinski definition) is 8. The molecule has 0 aliphatic heterocycles. The Labute approximate surface area is 125 Å². The van der Waals surface area contributed by atoms with Crippen LogP contribution in [0.1, 0.15) is 7.43 Å². The average molecular weight is 457 g/mol. The van der Waals surface area contributed by atoms with Crippen molar-refractivity contribution in [2.24, 2.45) is 0 Å². The molecule has 0 saturated carbocycles. The highest BCUT2D eigenvalue weighted by Crippen LogP contribution is 2.16. The molecule has 16 heavy (non-hydrogen) atoms. The first kappa shape index (κ1) is 18.5. The second-order valence-electron chi connectivity index (χ2n) is 1.67. The molecule has 2 aromatic rings. The third-order valence-corrected chi connectivity index (χ3v) is 2.50. The highest BCUT2D eigenvalue weighted by molar-refractivity contribution is 9.93. The van der Waals surface area contributed by atoms with Gasteiger partial charge in [-0.1, -0.05) is 30.1 Å². The van der Waals surface area contributed by atoms with E-state index in [4.69, 9.17) is 11.5 Å². The molecule has 0 aliphatic carbocycles. The molecule has 2 heterocycles. The van der Waals surface area contributed by atoms with Crippen LogP contribution in [0.15, 0.2) is 9.43 Å². The quantitative estimate of drug-likeness (QED) is 0.630. The normalized spacial score (nSPS) is 7.69. The Morgan fingerprint density at radius 3 is 1.81 bits per heavy atom. The lowest BCUT2D eigenvalue weighted by Crippen LogP contribution is -1.79. The van der Waals surface area contributed by atoms with Crippen molar-refractivity contribution in [2.75, 3.05) is 11.5 Å². The van der Waals surface area contributed by atoms with E-state index in [0.29, 0.717) is 10.3 Å². The summed E-state index contributed by atoms with van der Waals surface area (Å²) in [6, 6.07) is 0. The van der Waals surface area contributed by atoms with Gasteiger partial charge in [-0.3, -0.25) is 0 Å². The van der Waals surface area contributed by atoms with E-state index in [1.165, 1.54) is 22.7 Å². The van der Waals surface area contributed by atoms with Crippen molar-refractivity contribution in [3.8, 4) is 0 Å². The number of nitrogen functional groups attached to an aromatic ring is 2. The summed E-state index contributed by atoms with van der Waals surface area (Å²) < 4.78 is 0.727. The van der Waals surface area contributed by atoms with Crippen molar-refractivity contribution >= 4 is 77.1 Å². The maximum Gasteiger partial charge on any atom is 0.203 e. The smallest absolute Gasteiger partial charge is 0.203 e. The third-order valence-electron chi connectivity index (χ3n) is 0.793. The fraction of sp³-hybridized carbons (Fsp3) is 0.200. The molecule has 0 fully saturated rings. The summed E-state index contributed by atoms with van der Waals surface area (Å²) in [5.41, 5.74) is 11.9. The predicted octanol–water partition coefficient (Wildman–Crippen LogP) is 3.33. The van der Waals surface area contributed by atoms with Crippen LogP contribution in [0.4, 0.5) is 10.3 Å².